The molecule has 0 aliphatic heterocycles. The zero-order chi connectivity index (χ0) is 15.1. The van der Waals surface area contributed by atoms with Crippen LogP contribution in [0.1, 0.15) is 30.5 Å². The normalized spacial score (nSPS) is 12.8. The number of benzene rings is 1. The van der Waals surface area contributed by atoms with Crippen LogP contribution in [0.3, 0.4) is 0 Å². The first kappa shape index (κ1) is 16.1. The minimum Gasteiger partial charge on any atom is -0.310 e. The molecule has 0 aliphatic rings. The maximum Gasteiger partial charge on any atom is 0.123 e. The van der Waals surface area contributed by atoms with Crippen LogP contribution in [-0.2, 0) is 6.54 Å². The molecule has 0 aliphatic carbocycles. The molecule has 1 heterocycles. The highest BCUT2D eigenvalue weighted by atomic mass is 32.1. The maximum atomic E-state index is 13.4. The summed E-state index contributed by atoms with van der Waals surface area (Å²) < 4.78 is 13.4. The first-order chi connectivity index (χ1) is 10.2. The predicted molar refractivity (Wildman–Crippen MR) is 88.1 cm³/mol. The van der Waals surface area contributed by atoms with Gasteiger partial charge in [0.05, 0.1) is 0 Å². The highest BCUT2D eigenvalue weighted by Gasteiger charge is 2.12. The fraction of sp³-hybridized carbons (Fsp3) is 0.412. The highest BCUT2D eigenvalue weighted by Crippen LogP contribution is 2.18. The van der Waals surface area contributed by atoms with Gasteiger partial charge in [0, 0.05) is 12.6 Å². The molecule has 2 nitrogen and oxygen atoms in total. The standard InChI is InChI=1S/C17H23FN2S/c1-3-19-17(15-5-4-6-16(18)11-15)7-9-20(2)12-14-8-10-21-13-14/h4-6,8,10-11,13,17,19H,3,7,9,12H2,1-2H3. The van der Waals surface area contributed by atoms with E-state index in [-0.39, 0.29) is 11.9 Å². The van der Waals surface area contributed by atoms with Gasteiger partial charge in [-0.2, -0.15) is 11.3 Å². The Morgan fingerprint density at radius 2 is 2.19 bits per heavy atom. The Morgan fingerprint density at radius 1 is 1.33 bits per heavy atom. The maximum absolute atomic E-state index is 13.4. The van der Waals surface area contributed by atoms with Crippen molar-refractivity contribution in [2.75, 3.05) is 20.1 Å². The van der Waals surface area contributed by atoms with Gasteiger partial charge in [0.15, 0.2) is 0 Å². The number of rotatable bonds is 8. The lowest BCUT2D eigenvalue weighted by molar-refractivity contribution is 0.301. The summed E-state index contributed by atoms with van der Waals surface area (Å²) in [6.07, 6.45) is 0.970. The largest absolute Gasteiger partial charge is 0.310 e. The molecule has 0 bridgehead atoms. The van der Waals surface area contributed by atoms with Crippen LogP contribution in [0.4, 0.5) is 4.39 Å². The third-order valence-corrected chi connectivity index (χ3v) is 4.27. The van der Waals surface area contributed by atoms with E-state index in [1.807, 2.05) is 6.07 Å². The average Bonchev–Trinajstić information content (AvgIpc) is 2.96. The lowest BCUT2D eigenvalue weighted by Crippen LogP contribution is -2.27. The van der Waals surface area contributed by atoms with E-state index in [1.54, 1.807) is 23.5 Å². The van der Waals surface area contributed by atoms with Crippen molar-refractivity contribution in [2.24, 2.45) is 0 Å². The topological polar surface area (TPSA) is 15.3 Å². The molecule has 0 saturated heterocycles. The zero-order valence-corrected chi connectivity index (χ0v) is 13.5. The molecule has 0 saturated carbocycles. The van der Waals surface area contributed by atoms with E-state index in [2.05, 4.69) is 41.0 Å². The summed E-state index contributed by atoms with van der Waals surface area (Å²) >= 11 is 1.73. The Kier molecular flexibility index (Phi) is 6.36. The van der Waals surface area contributed by atoms with Gasteiger partial charge in [0.2, 0.25) is 0 Å². The van der Waals surface area contributed by atoms with Crippen LogP contribution in [0.25, 0.3) is 0 Å². The molecular weight excluding hydrogens is 283 g/mol. The van der Waals surface area contributed by atoms with Crippen LogP contribution in [0, 0.1) is 5.82 Å². The molecule has 1 N–H and O–H groups in total. The summed E-state index contributed by atoms with van der Waals surface area (Å²) in [4.78, 5) is 2.31. The Labute approximate surface area is 130 Å². The van der Waals surface area contributed by atoms with Gasteiger partial charge in [-0.1, -0.05) is 19.1 Å². The third kappa shape index (κ3) is 5.23. The minimum absolute atomic E-state index is 0.165. The first-order valence-corrected chi connectivity index (χ1v) is 8.31. The van der Waals surface area contributed by atoms with Crippen molar-refractivity contribution in [3.05, 3.63) is 58.0 Å². The van der Waals surface area contributed by atoms with Crippen molar-refractivity contribution in [3.8, 4) is 0 Å². The van der Waals surface area contributed by atoms with Crippen LogP contribution >= 0.6 is 11.3 Å². The van der Waals surface area contributed by atoms with Gasteiger partial charge in [-0.15, -0.1) is 0 Å². The molecule has 1 aromatic heterocycles. The summed E-state index contributed by atoms with van der Waals surface area (Å²) in [5, 5.41) is 7.74. The summed E-state index contributed by atoms with van der Waals surface area (Å²) in [6.45, 7) is 4.91. The Hall–Kier alpha value is -1.23. The second-order valence-corrected chi connectivity index (χ2v) is 6.10. The molecule has 4 heteroatoms. The van der Waals surface area contributed by atoms with Gasteiger partial charge < -0.3 is 10.2 Å². The molecule has 1 aromatic carbocycles. The smallest absolute Gasteiger partial charge is 0.123 e. The molecule has 2 rings (SSSR count). The number of hydrogen-bond donors (Lipinski definition) is 1. The minimum atomic E-state index is -0.165. The quantitative estimate of drug-likeness (QED) is 0.791. The molecule has 0 spiro atoms. The summed E-state index contributed by atoms with van der Waals surface area (Å²) in [5.74, 6) is -0.165. The van der Waals surface area contributed by atoms with Crippen LogP contribution in [-0.4, -0.2) is 25.0 Å². The number of thiophene rings is 1. The number of halogens is 1. The molecule has 0 fully saturated rings. The van der Waals surface area contributed by atoms with E-state index in [0.717, 1.165) is 31.6 Å². The van der Waals surface area contributed by atoms with E-state index in [0.29, 0.717) is 0 Å². The van der Waals surface area contributed by atoms with Crippen molar-refractivity contribution < 1.29 is 4.39 Å². The van der Waals surface area contributed by atoms with E-state index in [4.69, 9.17) is 0 Å². The second-order valence-electron chi connectivity index (χ2n) is 5.32. The van der Waals surface area contributed by atoms with E-state index >= 15 is 0 Å². The number of nitrogens with zero attached hydrogens (tertiary/aromatic N) is 1. The molecular formula is C17H23FN2S. The molecule has 114 valence electrons. The van der Waals surface area contributed by atoms with E-state index in [9.17, 15) is 4.39 Å². The van der Waals surface area contributed by atoms with Crippen molar-refractivity contribution in [3.63, 3.8) is 0 Å². The van der Waals surface area contributed by atoms with E-state index < -0.39 is 0 Å². The zero-order valence-electron chi connectivity index (χ0n) is 12.7. The van der Waals surface area contributed by atoms with Crippen molar-refractivity contribution in [2.45, 2.75) is 25.9 Å². The van der Waals surface area contributed by atoms with Crippen LogP contribution < -0.4 is 5.32 Å². The van der Waals surface area contributed by atoms with Crippen LogP contribution in [0.2, 0.25) is 0 Å². The fourth-order valence-corrected chi connectivity index (χ4v) is 3.14. The lowest BCUT2D eigenvalue weighted by atomic mass is 10.0. The third-order valence-electron chi connectivity index (χ3n) is 3.53. The van der Waals surface area contributed by atoms with Crippen molar-refractivity contribution in [1.82, 2.24) is 10.2 Å². The fourth-order valence-electron chi connectivity index (χ4n) is 2.48. The SMILES string of the molecule is CCNC(CCN(C)Cc1ccsc1)c1cccc(F)c1. The van der Waals surface area contributed by atoms with Crippen molar-refractivity contribution in [1.29, 1.82) is 0 Å². The highest BCUT2D eigenvalue weighted by molar-refractivity contribution is 7.07. The van der Waals surface area contributed by atoms with Crippen LogP contribution in [0.15, 0.2) is 41.1 Å². The second kappa shape index (κ2) is 8.27. The van der Waals surface area contributed by atoms with Gasteiger partial charge in [0.1, 0.15) is 5.82 Å². The van der Waals surface area contributed by atoms with Gasteiger partial charge in [-0.25, -0.2) is 4.39 Å². The summed E-state index contributed by atoms with van der Waals surface area (Å²) in [5.41, 5.74) is 2.38. The molecule has 1 atom stereocenters. The van der Waals surface area contributed by atoms with Gasteiger partial charge >= 0.3 is 0 Å². The summed E-state index contributed by atoms with van der Waals surface area (Å²) in [6, 6.07) is 9.27. The van der Waals surface area contributed by atoms with Gasteiger partial charge in [-0.05, 0) is 66.6 Å². The van der Waals surface area contributed by atoms with Crippen LogP contribution in [0.5, 0.6) is 0 Å². The van der Waals surface area contributed by atoms with Crippen molar-refractivity contribution >= 4 is 11.3 Å². The molecule has 0 radical (unpaired) electrons. The Balaban J connectivity index is 1.90. The average molecular weight is 306 g/mol. The number of nitrogens with one attached hydrogen (secondary N) is 1. The lowest BCUT2D eigenvalue weighted by Gasteiger charge is -2.22. The molecule has 0 amide bonds. The van der Waals surface area contributed by atoms with E-state index in [1.165, 1.54) is 11.6 Å². The molecule has 1 unspecified atom stereocenters. The molecule has 21 heavy (non-hydrogen) atoms. The summed E-state index contributed by atoms with van der Waals surface area (Å²) in [7, 11) is 2.13. The van der Waals surface area contributed by atoms with Gasteiger partial charge in [0.25, 0.3) is 0 Å². The van der Waals surface area contributed by atoms with Gasteiger partial charge in [-0.3, -0.25) is 0 Å². The predicted octanol–water partition coefficient (Wildman–Crippen LogP) is 4.06. The monoisotopic (exact) mass is 306 g/mol. The first-order valence-electron chi connectivity index (χ1n) is 7.37. The Morgan fingerprint density at radius 3 is 2.86 bits per heavy atom. The number of hydrogen-bond acceptors (Lipinski definition) is 3. The Bertz CT molecular complexity index is 527. The molecule has 2 aromatic rings.